The van der Waals surface area contributed by atoms with E-state index in [1.54, 1.807) is 0 Å². The third-order valence-corrected chi connectivity index (χ3v) is 4.39. The van der Waals surface area contributed by atoms with Gasteiger partial charge in [0.2, 0.25) is 5.91 Å². The van der Waals surface area contributed by atoms with E-state index in [9.17, 15) is 18.4 Å². The molecule has 0 bridgehead atoms. The molecule has 1 aromatic carbocycles. The van der Waals surface area contributed by atoms with Gasteiger partial charge >= 0.3 is 0 Å². The second-order valence-corrected chi connectivity index (χ2v) is 6.44. The quantitative estimate of drug-likeness (QED) is 0.702. The highest BCUT2D eigenvalue weighted by molar-refractivity contribution is 9.10. The highest BCUT2D eigenvalue weighted by Crippen LogP contribution is 2.26. The summed E-state index contributed by atoms with van der Waals surface area (Å²) in [5.74, 6) is -3.25. The van der Waals surface area contributed by atoms with Gasteiger partial charge in [0.05, 0.1) is 10.2 Å². The molecule has 1 heterocycles. The van der Waals surface area contributed by atoms with Crippen LogP contribution < -0.4 is 10.6 Å². The first kappa shape index (κ1) is 19.0. The number of hydrogen-bond acceptors (Lipinski definition) is 3. The third-order valence-electron chi connectivity index (χ3n) is 3.59. The summed E-state index contributed by atoms with van der Waals surface area (Å²) in [5.41, 5.74) is 0.914. The van der Waals surface area contributed by atoms with Crippen molar-refractivity contribution in [1.82, 2.24) is 20.8 Å². The molecule has 1 unspecified atom stereocenters. The Bertz CT molecular complexity index is 807. The largest absolute Gasteiger partial charge is 0.357 e. The van der Waals surface area contributed by atoms with Gasteiger partial charge in [-0.25, -0.2) is 8.78 Å². The number of aromatic nitrogens is 2. The Kier molecular flexibility index (Phi) is 5.89. The number of carbonyl (C=O) groups is 2. The van der Waals surface area contributed by atoms with Gasteiger partial charge in [-0.05, 0) is 39.5 Å². The fourth-order valence-corrected chi connectivity index (χ4v) is 3.03. The lowest BCUT2D eigenvalue weighted by Crippen LogP contribution is -2.39. The monoisotopic (exact) mass is 414 g/mol. The van der Waals surface area contributed by atoms with Gasteiger partial charge in [-0.1, -0.05) is 19.9 Å². The van der Waals surface area contributed by atoms with E-state index in [1.807, 2.05) is 13.8 Å². The zero-order valence-corrected chi connectivity index (χ0v) is 15.4. The SMILES string of the molecule is CNC(=O)C(NC(=O)c1n[nH]c(C(C)C)c1Br)c1ccc(F)c(F)c1. The Morgan fingerprint density at radius 2 is 1.92 bits per heavy atom. The smallest absolute Gasteiger partial charge is 0.273 e. The summed E-state index contributed by atoms with van der Waals surface area (Å²) in [6.07, 6.45) is 0. The van der Waals surface area contributed by atoms with Crippen molar-refractivity contribution in [3.63, 3.8) is 0 Å². The minimum absolute atomic E-state index is 0.0696. The molecule has 0 saturated carbocycles. The Labute approximate surface area is 151 Å². The minimum Gasteiger partial charge on any atom is -0.357 e. The van der Waals surface area contributed by atoms with Crippen molar-refractivity contribution in [3.05, 3.63) is 51.3 Å². The molecule has 3 N–H and O–H groups in total. The average Bonchev–Trinajstić information content (AvgIpc) is 2.96. The summed E-state index contributed by atoms with van der Waals surface area (Å²) in [6.45, 7) is 3.85. The van der Waals surface area contributed by atoms with E-state index < -0.39 is 29.5 Å². The molecule has 0 saturated heterocycles. The first-order chi connectivity index (χ1) is 11.8. The Balaban J connectivity index is 2.32. The first-order valence-corrected chi connectivity index (χ1v) is 8.26. The molecule has 2 aromatic rings. The van der Waals surface area contributed by atoms with E-state index in [2.05, 4.69) is 36.8 Å². The van der Waals surface area contributed by atoms with Crippen LogP contribution in [0.15, 0.2) is 22.7 Å². The lowest BCUT2D eigenvalue weighted by Gasteiger charge is -2.17. The normalized spacial score (nSPS) is 12.1. The van der Waals surface area contributed by atoms with E-state index in [1.165, 1.54) is 13.1 Å². The van der Waals surface area contributed by atoms with Crippen molar-refractivity contribution in [3.8, 4) is 0 Å². The maximum atomic E-state index is 13.5. The number of hydrogen-bond donors (Lipinski definition) is 3. The van der Waals surface area contributed by atoms with E-state index in [0.29, 0.717) is 4.47 Å². The maximum Gasteiger partial charge on any atom is 0.273 e. The number of likely N-dealkylation sites (N-methyl/N-ethyl adjacent to an activating group) is 1. The number of halogens is 3. The van der Waals surface area contributed by atoms with Crippen LogP contribution >= 0.6 is 15.9 Å². The Morgan fingerprint density at radius 1 is 1.24 bits per heavy atom. The molecule has 0 fully saturated rings. The lowest BCUT2D eigenvalue weighted by molar-refractivity contribution is -0.122. The second-order valence-electron chi connectivity index (χ2n) is 5.65. The number of aromatic amines is 1. The number of rotatable bonds is 5. The molecule has 2 rings (SSSR count). The van der Waals surface area contributed by atoms with Crippen LogP contribution in [0.4, 0.5) is 8.78 Å². The number of amides is 2. The number of carbonyl (C=O) groups excluding carboxylic acids is 2. The number of nitrogens with one attached hydrogen (secondary N) is 3. The second kappa shape index (κ2) is 7.73. The summed E-state index contributed by atoms with van der Waals surface area (Å²) in [7, 11) is 1.38. The summed E-state index contributed by atoms with van der Waals surface area (Å²) in [4.78, 5) is 24.6. The minimum atomic E-state index is -1.20. The van der Waals surface area contributed by atoms with Gasteiger partial charge in [0.1, 0.15) is 6.04 Å². The number of nitrogens with zero attached hydrogens (tertiary/aromatic N) is 1. The molecule has 6 nitrogen and oxygen atoms in total. The number of H-pyrrole nitrogens is 1. The summed E-state index contributed by atoms with van der Waals surface area (Å²) >= 11 is 3.31. The highest BCUT2D eigenvalue weighted by Gasteiger charge is 2.26. The molecule has 0 aliphatic heterocycles. The van der Waals surface area contributed by atoms with Gasteiger partial charge in [0.15, 0.2) is 17.3 Å². The Hall–Kier alpha value is -2.29. The van der Waals surface area contributed by atoms with Crippen LogP contribution in [0.1, 0.15) is 47.6 Å². The van der Waals surface area contributed by atoms with Gasteiger partial charge < -0.3 is 10.6 Å². The molecule has 0 aliphatic carbocycles. The van der Waals surface area contributed by atoms with Crippen LogP contribution in [0.3, 0.4) is 0 Å². The predicted octanol–water partition coefficient (Wildman–Crippen LogP) is 2.79. The van der Waals surface area contributed by atoms with Crippen molar-refractivity contribution in [2.24, 2.45) is 0 Å². The lowest BCUT2D eigenvalue weighted by atomic mass is 10.1. The van der Waals surface area contributed by atoms with Crippen molar-refractivity contribution in [2.45, 2.75) is 25.8 Å². The van der Waals surface area contributed by atoms with Gasteiger partial charge in [-0.3, -0.25) is 14.7 Å². The van der Waals surface area contributed by atoms with E-state index in [-0.39, 0.29) is 17.2 Å². The van der Waals surface area contributed by atoms with Crippen LogP contribution in [-0.2, 0) is 4.79 Å². The van der Waals surface area contributed by atoms with Crippen molar-refractivity contribution in [1.29, 1.82) is 0 Å². The topological polar surface area (TPSA) is 86.9 Å². The predicted molar refractivity (Wildman–Crippen MR) is 91.0 cm³/mol. The third kappa shape index (κ3) is 4.04. The fraction of sp³-hybridized carbons (Fsp3) is 0.312. The summed E-state index contributed by atoms with van der Waals surface area (Å²) in [5, 5.41) is 11.6. The maximum absolute atomic E-state index is 13.5. The molecule has 134 valence electrons. The zero-order chi connectivity index (χ0) is 18.7. The van der Waals surface area contributed by atoms with Crippen molar-refractivity contribution < 1.29 is 18.4 Å². The molecule has 9 heteroatoms. The molecule has 1 aromatic heterocycles. The van der Waals surface area contributed by atoms with Crippen molar-refractivity contribution >= 4 is 27.7 Å². The van der Waals surface area contributed by atoms with E-state index >= 15 is 0 Å². The number of benzene rings is 1. The van der Waals surface area contributed by atoms with E-state index in [0.717, 1.165) is 17.8 Å². The molecular formula is C16H17BrF2N4O2. The van der Waals surface area contributed by atoms with Gasteiger partial charge in [-0.2, -0.15) is 5.10 Å². The van der Waals surface area contributed by atoms with E-state index in [4.69, 9.17) is 0 Å². The van der Waals surface area contributed by atoms with Crippen LogP contribution in [0, 0.1) is 11.6 Å². The average molecular weight is 415 g/mol. The van der Waals surface area contributed by atoms with Gasteiger partial charge in [-0.15, -0.1) is 0 Å². The molecule has 0 aliphatic rings. The van der Waals surface area contributed by atoms with Crippen molar-refractivity contribution in [2.75, 3.05) is 7.05 Å². The van der Waals surface area contributed by atoms with Gasteiger partial charge in [0, 0.05) is 7.05 Å². The van der Waals surface area contributed by atoms with Crippen LogP contribution in [0.25, 0.3) is 0 Å². The fourth-order valence-electron chi connectivity index (χ4n) is 2.21. The van der Waals surface area contributed by atoms with Crippen LogP contribution in [0.5, 0.6) is 0 Å². The van der Waals surface area contributed by atoms with Gasteiger partial charge in [0.25, 0.3) is 5.91 Å². The summed E-state index contributed by atoms with van der Waals surface area (Å²) in [6, 6.07) is 1.80. The Morgan fingerprint density at radius 3 is 2.44 bits per heavy atom. The van der Waals surface area contributed by atoms with Crippen LogP contribution in [-0.4, -0.2) is 29.1 Å². The summed E-state index contributed by atoms with van der Waals surface area (Å²) < 4.78 is 27.1. The molecule has 25 heavy (non-hydrogen) atoms. The first-order valence-electron chi connectivity index (χ1n) is 7.47. The standard InChI is InChI=1S/C16H17BrF2N4O2/c1-7(2)12-11(17)14(23-22-12)16(25)21-13(15(24)20-3)8-4-5-9(18)10(19)6-8/h4-7,13H,1-3H3,(H,20,24)(H,21,25)(H,22,23). The molecule has 0 spiro atoms. The molecule has 0 radical (unpaired) electrons. The highest BCUT2D eigenvalue weighted by atomic mass is 79.9. The molecular weight excluding hydrogens is 398 g/mol. The van der Waals surface area contributed by atoms with Crippen LogP contribution in [0.2, 0.25) is 0 Å². The molecule has 2 amide bonds. The molecule has 1 atom stereocenters. The zero-order valence-electron chi connectivity index (χ0n) is 13.8.